The summed E-state index contributed by atoms with van der Waals surface area (Å²) in [4.78, 5) is 27.6. The number of nitro groups is 1. The first-order valence-corrected chi connectivity index (χ1v) is 10.8. The first kappa shape index (κ1) is 21.0. The molecule has 4 rings (SSSR count). The Balaban J connectivity index is 1.44. The highest BCUT2D eigenvalue weighted by Gasteiger charge is 2.26. The predicted octanol–water partition coefficient (Wildman–Crippen LogP) is 4.12. The van der Waals surface area contributed by atoms with Gasteiger partial charge in [0.25, 0.3) is 11.6 Å². The van der Waals surface area contributed by atoms with Crippen molar-refractivity contribution in [1.82, 2.24) is 14.7 Å². The number of nitro benzene ring substituents is 1. The number of aryl methyl sites for hydroxylation is 1. The Bertz CT molecular complexity index is 1130. The van der Waals surface area contributed by atoms with Gasteiger partial charge in [-0.3, -0.25) is 14.9 Å². The van der Waals surface area contributed by atoms with Gasteiger partial charge in [-0.25, -0.2) is 4.68 Å². The maximum absolute atomic E-state index is 13.0. The number of para-hydroxylation sites is 2. The van der Waals surface area contributed by atoms with Gasteiger partial charge in [-0.2, -0.15) is 5.10 Å². The van der Waals surface area contributed by atoms with Gasteiger partial charge in [-0.15, -0.1) is 0 Å². The number of carbonyl (C=O) groups excluding carboxylic acids is 1. The van der Waals surface area contributed by atoms with Crippen molar-refractivity contribution >= 4 is 33.2 Å². The van der Waals surface area contributed by atoms with Gasteiger partial charge in [0, 0.05) is 37.8 Å². The molecule has 0 spiro atoms. The molecule has 1 aliphatic rings. The second-order valence-corrected chi connectivity index (χ2v) is 8.26. The summed E-state index contributed by atoms with van der Waals surface area (Å²) >= 11 is 3.54. The molecule has 9 heteroatoms. The lowest BCUT2D eigenvalue weighted by Crippen LogP contribution is -2.48. The summed E-state index contributed by atoms with van der Waals surface area (Å²) in [5.41, 5.74) is 4.11. The van der Waals surface area contributed by atoms with Crippen LogP contribution in [0.4, 0.5) is 11.4 Å². The monoisotopic (exact) mass is 483 g/mol. The Morgan fingerprint density at radius 2 is 1.68 bits per heavy atom. The summed E-state index contributed by atoms with van der Waals surface area (Å²) in [5, 5.41) is 15.8. The molecule has 1 fully saturated rings. The van der Waals surface area contributed by atoms with Crippen molar-refractivity contribution in [3.63, 3.8) is 0 Å². The Morgan fingerprint density at radius 1 is 1.03 bits per heavy atom. The number of rotatable bonds is 4. The first-order valence-electron chi connectivity index (χ1n) is 9.96. The molecule has 0 unspecified atom stereocenters. The fourth-order valence-electron chi connectivity index (χ4n) is 3.84. The molecule has 160 valence electrons. The second kappa shape index (κ2) is 8.50. The van der Waals surface area contributed by atoms with E-state index >= 15 is 0 Å². The van der Waals surface area contributed by atoms with Gasteiger partial charge in [-0.1, -0.05) is 12.1 Å². The minimum Gasteiger partial charge on any atom is -0.362 e. The fraction of sp³-hybridized carbons (Fsp3) is 0.273. The number of nitrogens with zero attached hydrogens (tertiary/aromatic N) is 5. The van der Waals surface area contributed by atoms with Crippen LogP contribution in [-0.2, 0) is 0 Å². The molecule has 2 aromatic carbocycles. The molecule has 0 radical (unpaired) electrons. The van der Waals surface area contributed by atoms with E-state index in [2.05, 4.69) is 21.0 Å². The Labute approximate surface area is 188 Å². The third-order valence-electron chi connectivity index (χ3n) is 5.55. The lowest BCUT2D eigenvalue weighted by atomic mass is 10.1. The molecule has 1 amide bonds. The number of anilines is 1. The van der Waals surface area contributed by atoms with Gasteiger partial charge in [0.15, 0.2) is 0 Å². The second-order valence-electron chi connectivity index (χ2n) is 7.47. The number of amides is 1. The van der Waals surface area contributed by atoms with Gasteiger partial charge in [0.1, 0.15) is 5.69 Å². The molecular weight excluding hydrogens is 462 g/mol. The lowest BCUT2D eigenvalue weighted by Gasteiger charge is -2.35. The number of aromatic nitrogens is 2. The van der Waals surface area contributed by atoms with E-state index in [1.165, 1.54) is 6.07 Å². The van der Waals surface area contributed by atoms with E-state index in [4.69, 9.17) is 0 Å². The lowest BCUT2D eigenvalue weighted by molar-refractivity contribution is -0.384. The number of halogens is 1. The molecule has 1 aromatic heterocycles. The maximum Gasteiger partial charge on any atom is 0.292 e. The summed E-state index contributed by atoms with van der Waals surface area (Å²) < 4.78 is 2.82. The van der Waals surface area contributed by atoms with Crippen LogP contribution in [0.3, 0.4) is 0 Å². The minimum absolute atomic E-state index is 0.0386. The predicted molar refractivity (Wildman–Crippen MR) is 122 cm³/mol. The molecule has 0 atom stereocenters. The van der Waals surface area contributed by atoms with Crippen molar-refractivity contribution in [2.45, 2.75) is 13.8 Å². The highest BCUT2D eigenvalue weighted by atomic mass is 79.9. The van der Waals surface area contributed by atoms with Gasteiger partial charge in [0.05, 0.1) is 26.5 Å². The molecule has 3 aromatic rings. The van der Waals surface area contributed by atoms with Crippen LogP contribution in [0.5, 0.6) is 0 Å². The third kappa shape index (κ3) is 4.05. The fourth-order valence-corrected chi connectivity index (χ4v) is 4.09. The molecule has 1 saturated heterocycles. The molecule has 0 aliphatic carbocycles. The van der Waals surface area contributed by atoms with Crippen LogP contribution in [0.2, 0.25) is 0 Å². The Kier molecular flexibility index (Phi) is 5.77. The van der Waals surface area contributed by atoms with Gasteiger partial charge in [0.2, 0.25) is 0 Å². The van der Waals surface area contributed by atoms with E-state index in [0.29, 0.717) is 37.4 Å². The largest absolute Gasteiger partial charge is 0.362 e. The maximum atomic E-state index is 13.0. The van der Waals surface area contributed by atoms with Crippen molar-refractivity contribution in [2.24, 2.45) is 0 Å². The topological polar surface area (TPSA) is 84.5 Å². The zero-order chi connectivity index (χ0) is 22.1. The van der Waals surface area contributed by atoms with E-state index in [1.54, 1.807) is 23.1 Å². The number of benzene rings is 2. The van der Waals surface area contributed by atoms with Gasteiger partial charge >= 0.3 is 0 Å². The number of hydrogen-bond acceptors (Lipinski definition) is 5. The minimum atomic E-state index is -0.365. The zero-order valence-electron chi connectivity index (χ0n) is 17.3. The number of carbonyl (C=O) groups is 1. The standard InChI is InChI=1S/C22H22BrN5O3/c1-15-21(23)16(2)27(24-15)18-9-7-17(8-10-18)22(29)26-13-11-25(12-14-26)19-5-3-4-6-20(19)28(30)31/h3-10H,11-14H2,1-2H3. The molecule has 0 N–H and O–H groups in total. The molecule has 0 bridgehead atoms. The quantitative estimate of drug-likeness (QED) is 0.411. The van der Waals surface area contributed by atoms with Crippen molar-refractivity contribution in [2.75, 3.05) is 31.1 Å². The molecule has 2 heterocycles. The van der Waals surface area contributed by atoms with Crippen molar-refractivity contribution in [1.29, 1.82) is 0 Å². The Morgan fingerprint density at radius 3 is 2.26 bits per heavy atom. The van der Waals surface area contributed by atoms with Crippen LogP contribution in [0, 0.1) is 24.0 Å². The van der Waals surface area contributed by atoms with Crippen LogP contribution in [0.1, 0.15) is 21.7 Å². The van der Waals surface area contributed by atoms with E-state index in [-0.39, 0.29) is 16.5 Å². The van der Waals surface area contributed by atoms with E-state index in [0.717, 1.165) is 21.5 Å². The Hall–Kier alpha value is -3.20. The van der Waals surface area contributed by atoms with Crippen LogP contribution in [0.25, 0.3) is 5.69 Å². The van der Waals surface area contributed by atoms with Crippen molar-refractivity contribution < 1.29 is 9.72 Å². The van der Waals surface area contributed by atoms with Crippen LogP contribution in [0.15, 0.2) is 53.0 Å². The number of piperazine rings is 1. The van der Waals surface area contributed by atoms with Crippen molar-refractivity contribution in [3.8, 4) is 5.69 Å². The summed E-state index contributed by atoms with van der Waals surface area (Å²) in [5.74, 6) is -0.0386. The smallest absolute Gasteiger partial charge is 0.292 e. The van der Waals surface area contributed by atoms with E-state index in [9.17, 15) is 14.9 Å². The summed E-state index contributed by atoms with van der Waals surface area (Å²) in [6.45, 7) is 6.05. The van der Waals surface area contributed by atoms with Crippen LogP contribution < -0.4 is 4.90 Å². The highest BCUT2D eigenvalue weighted by Crippen LogP contribution is 2.28. The third-order valence-corrected chi connectivity index (χ3v) is 6.70. The van der Waals surface area contributed by atoms with Crippen LogP contribution >= 0.6 is 15.9 Å². The summed E-state index contributed by atoms with van der Waals surface area (Å²) in [7, 11) is 0. The SMILES string of the molecule is Cc1nn(-c2ccc(C(=O)N3CCN(c4ccccc4[N+](=O)[O-])CC3)cc2)c(C)c1Br. The average Bonchev–Trinajstić information content (AvgIpc) is 3.06. The van der Waals surface area contributed by atoms with Gasteiger partial charge in [-0.05, 0) is 60.1 Å². The average molecular weight is 484 g/mol. The molecule has 1 aliphatic heterocycles. The van der Waals surface area contributed by atoms with E-state index < -0.39 is 0 Å². The van der Waals surface area contributed by atoms with Gasteiger partial charge < -0.3 is 9.80 Å². The highest BCUT2D eigenvalue weighted by molar-refractivity contribution is 9.10. The van der Waals surface area contributed by atoms with Crippen LogP contribution in [-0.4, -0.2) is 51.7 Å². The number of hydrogen-bond donors (Lipinski definition) is 0. The molecule has 31 heavy (non-hydrogen) atoms. The van der Waals surface area contributed by atoms with E-state index in [1.807, 2.05) is 47.7 Å². The molecule has 0 saturated carbocycles. The summed E-state index contributed by atoms with van der Waals surface area (Å²) in [6, 6.07) is 14.1. The molecule has 8 nitrogen and oxygen atoms in total. The van der Waals surface area contributed by atoms with Crippen molar-refractivity contribution in [3.05, 3.63) is 80.1 Å². The summed E-state index contributed by atoms with van der Waals surface area (Å²) in [6.07, 6.45) is 0. The molecular formula is C22H22BrN5O3. The first-order chi connectivity index (χ1) is 14.9. The zero-order valence-corrected chi connectivity index (χ0v) is 18.9. The normalized spacial score (nSPS) is 14.0.